The molecule has 15 heavy (non-hydrogen) atoms. The summed E-state index contributed by atoms with van der Waals surface area (Å²) in [6, 6.07) is 3.60. The van der Waals surface area contributed by atoms with Crippen molar-refractivity contribution in [1.29, 1.82) is 0 Å². The van der Waals surface area contributed by atoms with Crippen LogP contribution in [-0.4, -0.2) is 6.04 Å². The van der Waals surface area contributed by atoms with Crippen LogP contribution >= 0.6 is 0 Å². The summed E-state index contributed by atoms with van der Waals surface area (Å²) in [6.45, 7) is 3.90. The van der Waals surface area contributed by atoms with Gasteiger partial charge in [-0.1, -0.05) is 0 Å². The average molecular weight is 208 g/mol. The van der Waals surface area contributed by atoms with E-state index in [4.69, 9.17) is 5.73 Å². The lowest BCUT2D eigenvalue weighted by Gasteiger charge is -2.16. The molecule has 1 aliphatic carbocycles. The highest BCUT2D eigenvalue weighted by molar-refractivity contribution is 5.67. The molecule has 1 saturated carbocycles. The predicted molar refractivity (Wildman–Crippen MR) is 61.4 cm³/mol. The summed E-state index contributed by atoms with van der Waals surface area (Å²) in [4.78, 5) is 0. The van der Waals surface area contributed by atoms with Gasteiger partial charge in [-0.3, -0.25) is 0 Å². The molecule has 0 aromatic heterocycles. The number of hydrogen-bond acceptors (Lipinski definition) is 2. The second kappa shape index (κ2) is 3.72. The maximum absolute atomic E-state index is 13.2. The molecule has 3 N–H and O–H groups in total. The number of halogens is 1. The number of rotatable bonds is 3. The molecule has 0 amide bonds. The van der Waals surface area contributed by atoms with Crippen molar-refractivity contribution >= 4 is 11.4 Å². The topological polar surface area (TPSA) is 38.0 Å². The lowest BCUT2D eigenvalue weighted by Crippen LogP contribution is -2.18. The minimum atomic E-state index is -0.239. The first-order valence-electron chi connectivity index (χ1n) is 5.40. The third-order valence-electron chi connectivity index (χ3n) is 3.04. The SMILES string of the molecule is Cc1cc(NC(C)C2CC2)c(N)cc1F. The predicted octanol–water partition coefficient (Wildman–Crippen LogP) is 2.93. The van der Waals surface area contributed by atoms with Gasteiger partial charge >= 0.3 is 0 Å². The third kappa shape index (κ3) is 2.22. The van der Waals surface area contributed by atoms with Crippen LogP contribution in [0.5, 0.6) is 0 Å². The second-order valence-electron chi connectivity index (χ2n) is 4.46. The van der Waals surface area contributed by atoms with Crippen molar-refractivity contribution in [2.45, 2.75) is 32.7 Å². The molecule has 1 fully saturated rings. The maximum Gasteiger partial charge on any atom is 0.128 e. The Morgan fingerprint density at radius 2 is 2.13 bits per heavy atom. The zero-order chi connectivity index (χ0) is 11.0. The van der Waals surface area contributed by atoms with Crippen LogP contribution in [0, 0.1) is 18.7 Å². The Morgan fingerprint density at radius 1 is 1.47 bits per heavy atom. The Bertz CT molecular complexity index is 372. The van der Waals surface area contributed by atoms with Crippen molar-refractivity contribution in [3.63, 3.8) is 0 Å². The fraction of sp³-hybridized carbons (Fsp3) is 0.500. The van der Waals surface area contributed by atoms with E-state index < -0.39 is 0 Å². The summed E-state index contributed by atoms with van der Waals surface area (Å²) < 4.78 is 13.2. The van der Waals surface area contributed by atoms with E-state index in [0.717, 1.165) is 11.6 Å². The van der Waals surface area contributed by atoms with Crippen LogP contribution in [0.4, 0.5) is 15.8 Å². The van der Waals surface area contributed by atoms with E-state index in [0.29, 0.717) is 17.3 Å². The van der Waals surface area contributed by atoms with Gasteiger partial charge in [0.1, 0.15) is 5.82 Å². The van der Waals surface area contributed by atoms with Gasteiger partial charge in [0.2, 0.25) is 0 Å². The molecule has 0 radical (unpaired) electrons. The molecule has 82 valence electrons. The zero-order valence-electron chi connectivity index (χ0n) is 9.18. The van der Waals surface area contributed by atoms with Gasteiger partial charge in [-0.15, -0.1) is 0 Å². The quantitative estimate of drug-likeness (QED) is 0.749. The van der Waals surface area contributed by atoms with Crippen LogP contribution in [0.3, 0.4) is 0 Å². The fourth-order valence-electron chi connectivity index (χ4n) is 1.78. The first-order valence-corrected chi connectivity index (χ1v) is 5.40. The molecule has 1 atom stereocenters. The molecule has 1 aromatic rings. The van der Waals surface area contributed by atoms with Gasteiger partial charge < -0.3 is 11.1 Å². The van der Waals surface area contributed by atoms with Gasteiger partial charge in [0.25, 0.3) is 0 Å². The number of benzene rings is 1. The van der Waals surface area contributed by atoms with E-state index in [1.807, 2.05) is 0 Å². The number of nitrogen functional groups attached to an aromatic ring is 1. The lowest BCUT2D eigenvalue weighted by molar-refractivity contribution is 0.619. The number of nitrogens with one attached hydrogen (secondary N) is 1. The van der Waals surface area contributed by atoms with E-state index >= 15 is 0 Å². The van der Waals surface area contributed by atoms with E-state index in [-0.39, 0.29) is 5.82 Å². The normalized spacial score (nSPS) is 17.5. The maximum atomic E-state index is 13.2. The summed E-state index contributed by atoms with van der Waals surface area (Å²) in [6.07, 6.45) is 2.57. The number of aryl methyl sites for hydroxylation is 1. The highest BCUT2D eigenvalue weighted by Gasteiger charge is 2.28. The van der Waals surface area contributed by atoms with Gasteiger partial charge in [-0.2, -0.15) is 0 Å². The molecule has 0 heterocycles. The van der Waals surface area contributed by atoms with Gasteiger partial charge in [0.15, 0.2) is 0 Å². The van der Waals surface area contributed by atoms with E-state index in [1.54, 1.807) is 13.0 Å². The van der Waals surface area contributed by atoms with Crippen molar-refractivity contribution in [2.75, 3.05) is 11.1 Å². The number of hydrogen-bond donors (Lipinski definition) is 2. The Morgan fingerprint density at radius 3 is 2.73 bits per heavy atom. The summed E-state index contributed by atoms with van der Waals surface area (Å²) in [5.41, 5.74) is 7.74. The first kappa shape index (κ1) is 10.3. The summed E-state index contributed by atoms with van der Waals surface area (Å²) in [7, 11) is 0. The molecule has 1 unspecified atom stereocenters. The van der Waals surface area contributed by atoms with Gasteiger partial charge in [-0.05, 0) is 50.3 Å². The minimum Gasteiger partial charge on any atom is -0.397 e. The molecule has 2 nitrogen and oxygen atoms in total. The van der Waals surface area contributed by atoms with Crippen molar-refractivity contribution in [3.8, 4) is 0 Å². The monoisotopic (exact) mass is 208 g/mol. The molecule has 0 saturated heterocycles. The molecular formula is C12H17FN2. The van der Waals surface area contributed by atoms with Crippen molar-refractivity contribution < 1.29 is 4.39 Å². The van der Waals surface area contributed by atoms with Crippen LogP contribution < -0.4 is 11.1 Å². The number of anilines is 2. The first-order chi connectivity index (χ1) is 7.08. The molecule has 2 rings (SSSR count). The Labute approximate surface area is 89.7 Å². The van der Waals surface area contributed by atoms with Crippen LogP contribution in [0.1, 0.15) is 25.3 Å². The van der Waals surface area contributed by atoms with Crippen molar-refractivity contribution in [2.24, 2.45) is 5.92 Å². The van der Waals surface area contributed by atoms with Crippen LogP contribution in [0.15, 0.2) is 12.1 Å². The molecule has 1 aliphatic rings. The molecule has 1 aromatic carbocycles. The van der Waals surface area contributed by atoms with Crippen LogP contribution in [-0.2, 0) is 0 Å². The van der Waals surface area contributed by atoms with Gasteiger partial charge in [0, 0.05) is 6.04 Å². The molecule has 0 spiro atoms. The van der Waals surface area contributed by atoms with Crippen LogP contribution in [0.25, 0.3) is 0 Å². The highest BCUT2D eigenvalue weighted by Crippen LogP contribution is 2.35. The molecule has 0 aliphatic heterocycles. The largest absolute Gasteiger partial charge is 0.397 e. The van der Waals surface area contributed by atoms with Crippen molar-refractivity contribution in [3.05, 3.63) is 23.5 Å². The van der Waals surface area contributed by atoms with E-state index in [2.05, 4.69) is 12.2 Å². The Kier molecular flexibility index (Phi) is 2.55. The van der Waals surface area contributed by atoms with Crippen molar-refractivity contribution in [1.82, 2.24) is 0 Å². The fourth-order valence-corrected chi connectivity index (χ4v) is 1.78. The summed E-state index contributed by atoms with van der Waals surface area (Å²) in [5, 5.41) is 3.35. The van der Waals surface area contributed by atoms with Gasteiger partial charge in [-0.25, -0.2) is 4.39 Å². The molecular weight excluding hydrogens is 191 g/mol. The smallest absolute Gasteiger partial charge is 0.128 e. The third-order valence-corrected chi connectivity index (χ3v) is 3.04. The molecule has 0 bridgehead atoms. The number of nitrogens with two attached hydrogens (primary N) is 1. The summed E-state index contributed by atoms with van der Waals surface area (Å²) >= 11 is 0. The second-order valence-corrected chi connectivity index (χ2v) is 4.46. The van der Waals surface area contributed by atoms with E-state index in [1.165, 1.54) is 18.9 Å². The summed E-state index contributed by atoms with van der Waals surface area (Å²) in [5.74, 6) is 0.520. The van der Waals surface area contributed by atoms with E-state index in [9.17, 15) is 4.39 Å². The standard InChI is InChI=1S/C12H17FN2/c1-7-5-12(11(14)6-10(7)13)15-8(2)9-3-4-9/h5-6,8-9,15H,3-4,14H2,1-2H3. The Hall–Kier alpha value is -1.25. The molecule has 3 heteroatoms. The highest BCUT2D eigenvalue weighted by atomic mass is 19.1. The average Bonchev–Trinajstić information content (AvgIpc) is 2.97. The minimum absolute atomic E-state index is 0.239. The lowest BCUT2D eigenvalue weighted by atomic mass is 10.1. The van der Waals surface area contributed by atoms with Crippen LogP contribution in [0.2, 0.25) is 0 Å². The Balaban J connectivity index is 2.16. The zero-order valence-corrected chi connectivity index (χ0v) is 9.18. The van der Waals surface area contributed by atoms with Gasteiger partial charge in [0.05, 0.1) is 11.4 Å².